The summed E-state index contributed by atoms with van der Waals surface area (Å²) in [6, 6.07) is 13.2. The van der Waals surface area contributed by atoms with Crippen LogP contribution in [0.3, 0.4) is 0 Å². The molecule has 2 aromatic carbocycles. The summed E-state index contributed by atoms with van der Waals surface area (Å²) < 4.78 is 27.0. The number of carbonyl (C=O) groups excluding carboxylic acids is 1. The van der Waals surface area contributed by atoms with Gasteiger partial charge in [0.1, 0.15) is 0 Å². The number of nitrogens with one attached hydrogen (secondary N) is 2. The number of hydrogen-bond acceptors (Lipinski definition) is 3. The van der Waals surface area contributed by atoms with Gasteiger partial charge < -0.3 is 5.32 Å². The number of amides is 1. The molecule has 26 heavy (non-hydrogen) atoms. The fourth-order valence-electron chi connectivity index (χ4n) is 2.28. The van der Waals surface area contributed by atoms with Gasteiger partial charge in [0.2, 0.25) is 10.0 Å². The second kappa shape index (κ2) is 9.16. The molecule has 0 bridgehead atoms. The minimum absolute atomic E-state index is 0.143. The predicted octanol–water partition coefficient (Wildman–Crippen LogP) is 3.39. The molecule has 0 spiro atoms. The molecule has 0 radical (unpaired) electrons. The highest BCUT2D eigenvalue weighted by Crippen LogP contribution is 2.12. The van der Waals surface area contributed by atoms with Crippen molar-refractivity contribution in [3.8, 4) is 0 Å². The van der Waals surface area contributed by atoms with Crippen molar-refractivity contribution >= 4 is 27.5 Å². The first-order valence-electron chi connectivity index (χ1n) is 8.47. The van der Waals surface area contributed by atoms with Crippen molar-refractivity contribution in [2.24, 2.45) is 0 Å². The first-order valence-corrected chi connectivity index (χ1v) is 10.3. The molecule has 0 saturated heterocycles. The van der Waals surface area contributed by atoms with Crippen molar-refractivity contribution in [1.29, 1.82) is 0 Å². The second-order valence-corrected chi connectivity index (χ2v) is 8.24. The molecule has 1 atom stereocenters. The Kier molecular flexibility index (Phi) is 7.20. The molecule has 7 heteroatoms. The Labute approximate surface area is 159 Å². The predicted molar refractivity (Wildman–Crippen MR) is 104 cm³/mol. The van der Waals surface area contributed by atoms with Crippen molar-refractivity contribution in [3.63, 3.8) is 0 Å². The van der Waals surface area contributed by atoms with Crippen LogP contribution in [-0.2, 0) is 16.4 Å². The Hall–Kier alpha value is -1.89. The lowest BCUT2D eigenvalue weighted by Crippen LogP contribution is -2.32. The van der Waals surface area contributed by atoms with Crippen LogP contribution in [-0.4, -0.2) is 26.9 Å². The summed E-state index contributed by atoms with van der Waals surface area (Å²) in [6.07, 6.45) is 1.39. The van der Waals surface area contributed by atoms with Crippen molar-refractivity contribution in [2.75, 3.05) is 6.54 Å². The zero-order chi connectivity index (χ0) is 19.2. The van der Waals surface area contributed by atoms with Crippen molar-refractivity contribution in [2.45, 2.75) is 37.6 Å². The highest BCUT2D eigenvalue weighted by atomic mass is 35.5. The van der Waals surface area contributed by atoms with Crippen LogP contribution >= 0.6 is 11.6 Å². The number of carbonyl (C=O) groups is 1. The highest BCUT2D eigenvalue weighted by Gasteiger charge is 2.17. The van der Waals surface area contributed by atoms with E-state index in [4.69, 9.17) is 11.6 Å². The van der Waals surface area contributed by atoms with E-state index >= 15 is 0 Å². The summed E-state index contributed by atoms with van der Waals surface area (Å²) >= 11 is 5.84. The Morgan fingerprint density at radius 3 is 2.27 bits per heavy atom. The minimum Gasteiger partial charge on any atom is -0.352 e. The van der Waals surface area contributed by atoms with E-state index in [-0.39, 0.29) is 16.8 Å². The zero-order valence-electron chi connectivity index (χ0n) is 14.8. The van der Waals surface area contributed by atoms with Crippen LogP contribution in [0.2, 0.25) is 5.02 Å². The van der Waals surface area contributed by atoms with Gasteiger partial charge in [0.15, 0.2) is 0 Å². The van der Waals surface area contributed by atoms with Gasteiger partial charge in [0.05, 0.1) is 4.90 Å². The van der Waals surface area contributed by atoms with E-state index in [9.17, 15) is 13.2 Å². The molecule has 0 aliphatic heterocycles. The largest absolute Gasteiger partial charge is 0.352 e. The van der Waals surface area contributed by atoms with Crippen LogP contribution in [0, 0.1) is 0 Å². The number of sulfonamides is 1. The summed E-state index contributed by atoms with van der Waals surface area (Å²) in [5.41, 5.74) is 1.50. The van der Waals surface area contributed by atoms with E-state index in [1.807, 2.05) is 31.2 Å². The van der Waals surface area contributed by atoms with Crippen LogP contribution in [0.5, 0.6) is 0 Å². The molecule has 2 rings (SSSR count). The summed E-state index contributed by atoms with van der Waals surface area (Å²) in [7, 11) is -3.56. The number of benzene rings is 2. The highest BCUT2D eigenvalue weighted by molar-refractivity contribution is 7.89. The Morgan fingerprint density at radius 2 is 1.69 bits per heavy atom. The maximum atomic E-state index is 12.2. The summed E-state index contributed by atoms with van der Waals surface area (Å²) in [4.78, 5) is 12.3. The molecule has 0 fully saturated rings. The molecular weight excluding hydrogens is 372 g/mol. The van der Waals surface area contributed by atoms with Crippen molar-refractivity contribution < 1.29 is 13.2 Å². The molecule has 2 N–H and O–H groups in total. The minimum atomic E-state index is -3.56. The quantitative estimate of drug-likeness (QED) is 0.720. The van der Waals surface area contributed by atoms with Gasteiger partial charge in [-0.2, -0.15) is 0 Å². The Balaban J connectivity index is 1.92. The van der Waals surface area contributed by atoms with E-state index in [2.05, 4.69) is 10.0 Å². The van der Waals surface area contributed by atoms with Gasteiger partial charge in [-0.15, -0.1) is 0 Å². The van der Waals surface area contributed by atoms with Gasteiger partial charge in [-0.05, 0) is 61.7 Å². The van der Waals surface area contributed by atoms with Crippen molar-refractivity contribution in [3.05, 3.63) is 64.7 Å². The zero-order valence-corrected chi connectivity index (χ0v) is 16.4. The molecule has 140 valence electrons. The fraction of sp³-hybridized carbons (Fsp3) is 0.316. The van der Waals surface area contributed by atoms with E-state index in [0.29, 0.717) is 30.0 Å². The van der Waals surface area contributed by atoms with Gasteiger partial charge >= 0.3 is 0 Å². The van der Waals surface area contributed by atoms with E-state index in [0.717, 1.165) is 5.56 Å². The average Bonchev–Trinajstić information content (AvgIpc) is 2.63. The smallest absolute Gasteiger partial charge is 0.251 e. The molecule has 0 heterocycles. The molecule has 5 nitrogen and oxygen atoms in total. The van der Waals surface area contributed by atoms with Crippen LogP contribution < -0.4 is 10.0 Å². The fourth-order valence-corrected chi connectivity index (χ4v) is 3.73. The molecular formula is C19H23ClN2O3S. The third-order valence-electron chi connectivity index (χ3n) is 4.01. The van der Waals surface area contributed by atoms with E-state index < -0.39 is 10.0 Å². The first-order chi connectivity index (χ1) is 12.3. The molecule has 0 aromatic heterocycles. The maximum absolute atomic E-state index is 12.2. The lowest BCUT2D eigenvalue weighted by atomic mass is 10.1. The summed E-state index contributed by atoms with van der Waals surface area (Å²) in [6.45, 7) is 4.20. The van der Waals surface area contributed by atoms with Gasteiger partial charge in [0, 0.05) is 23.2 Å². The van der Waals surface area contributed by atoms with Gasteiger partial charge in [-0.1, -0.05) is 30.7 Å². The number of rotatable bonds is 8. The lowest BCUT2D eigenvalue weighted by molar-refractivity contribution is 0.0954. The number of hydrogen-bond donors (Lipinski definition) is 2. The van der Waals surface area contributed by atoms with Crippen LogP contribution in [0.25, 0.3) is 0 Å². The SMILES string of the molecule is CCC(C)NS(=O)(=O)c1ccc(C(=O)NCCc2ccc(Cl)cc2)cc1. The first kappa shape index (κ1) is 20.4. The molecule has 2 aromatic rings. The van der Waals surface area contributed by atoms with Gasteiger partial charge in [-0.3, -0.25) is 4.79 Å². The third kappa shape index (κ3) is 5.83. The molecule has 0 aliphatic rings. The topological polar surface area (TPSA) is 75.3 Å². The van der Waals surface area contributed by atoms with Crippen LogP contribution in [0.4, 0.5) is 0 Å². The maximum Gasteiger partial charge on any atom is 0.251 e. The van der Waals surface area contributed by atoms with E-state index in [1.165, 1.54) is 24.3 Å². The standard InChI is InChI=1S/C19H23ClN2O3S/c1-3-14(2)22-26(24,25)18-10-6-16(7-11-18)19(23)21-13-12-15-4-8-17(20)9-5-15/h4-11,14,22H,3,12-13H2,1-2H3,(H,21,23). The van der Waals surface area contributed by atoms with Crippen LogP contribution in [0.15, 0.2) is 53.4 Å². The van der Waals surface area contributed by atoms with Gasteiger partial charge in [0.25, 0.3) is 5.91 Å². The number of halogens is 1. The third-order valence-corrected chi connectivity index (χ3v) is 5.87. The Morgan fingerprint density at radius 1 is 1.08 bits per heavy atom. The molecule has 0 aliphatic carbocycles. The van der Waals surface area contributed by atoms with Crippen molar-refractivity contribution in [1.82, 2.24) is 10.0 Å². The van der Waals surface area contributed by atoms with E-state index in [1.54, 1.807) is 6.92 Å². The lowest BCUT2D eigenvalue weighted by Gasteiger charge is -2.12. The average molecular weight is 395 g/mol. The van der Waals surface area contributed by atoms with Gasteiger partial charge in [-0.25, -0.2) is 13.1 Å². The normalized spacial score (nSPS) is 12.6. The van der Waals surface area contributed by atoms with Crippen LogP contribution in [0.1, 0.15) is 36.2 Å². The summed E-state index contributed by atoms with van der Waals surface area (Å²) in [5, 5.41) is 3.50. The monoisotopic (exact) mass is 394 g/mol. The molecule has 0 saturated carbocycles. The summed E-state index contributed by atoms with van der Waals surface area (Å²) in [5.74, 6) is -0.238. The molecule has 1 unspecified atom stereocenters. The molecule has 1 amide bonds. The second-order valence-electron chi connectivity index (χ2n) is 6.09. The Bertz CT molecular complexity index is 834.